The molecular formula is C21H16F2N2O2. The van der Waals surface area contributed by atoms with E-state index in [0.717, 1.165) is 22.6 Å². The van der Waals surface area contributed by atoms with Gasteiger partial charge in [0.1, 0.15) is 11.5 Å². The van der Waals surface area contributed by atoms with Gasteiger partial charge in [-0.05, 0) is 53.9 Å². The van der Waals surface area contributed by atoms with Crippen molar-refractivity contribution in [3.8, 4) is 17.7 Å². The van der Waals surface area contributed by atoms with Crippen LogP contribution in [0.5, 0.6) is 11.5 Å². The molecule has 0 aliphatic heterocycles. The summed E-state index contributed by atoms with van der Waals surface area (Å²) in [6.45, 7) is 0.843. The molecule has 0 unspecified atom stereocenters. The van der Waals surface area contributed by atoms with Gasteiger partial charge in [0.05, 0.1) is 0 Å². The highest BCUT2D eigenvalue weighted by atomic mass is 19.3. The maximum atomic E-state index is 13.3. The van der Waals surface area contributed by atoms with Gasteiger partial charge in [-0.2, -0.15) is 5.26 Å². The van der Waals surface area contributed by atoms with Gasteiger partial charge in [0, 0.05) is 30.5 Å². The Hall–Kier alpha value is -3.46. The van der Waals surface area contributed by atoms with E-state index in [9.17, 15) is 13.6 Å². The molecule has 3 rings (SSSR count). The molecule has 0 radical (unpaired) electrons. The molecule has 1 amide bonds. The summed E-state index contributed by atoms with van der Waals surface area (Å²) in [4.78, 5) is 13.1. The van der Waals surface area contributed by atoms with Crippen molar-refractivity contribution in [2.24, 2.45) is 0 Å². The number of nitrogens with zero attached hydrogens (tertiary/aromatic N) is 2. The van der Waals surface area contributed by atoms with E-state index >= 15 is 0 Å². The van der Waals surface area contributed by atoms with Crippen molar-refractivity contribution in [2.45, 2.75) is 12.8 Å². The molecule has 0 bridgehead atoms. The van der Waals surface area contributed by atoms with Gasteiger partial charge < -0.3 is 4.74 Å². The fraction of sp³-hybridized carbons (Fsp3) is 0.143. The van der Waals surface area contributed by atoms with Crippen LogP contribution in [-0.2, 0) is 5.92 Å². The summed E-state index contributed by atoms with van der Waals surface area (Å²) in [5.41, 5.74) is 0.302. The predicted octanol–water partition coefficient (Wildman–Crippen LogP) is 5.30. The molecule has 3 aromatic carbocycles. The van der Waals surface area contributed by atoms with Gasteiger partial charge in [0.15, 0.2) is 6.19 Å². The SMILES string of the molecule is CN(C#N)C(=O)c1ccc2c(Oc3ccc(C(C)(F)F)cc3)cccc2c1. The van der Waals surface area contributed by atoms with Crippen LogP contribution in [0.3, 0.4) is 0 Å². The molecule has 3 aromatic rings. The van der Waals surface area contributed by atoms with Crippen LogP contribution in [0.25, 0.3) is 10.8 Å². The summed E-state index contributed by atoms with van der Waals surface area (Å²) in [6, 6.07) is 16.0. The molecular weight excluding hydrogens is 350 g/mol. The van der Waals surface area contributed by atoms with E-state index in [1.54, 1.807) is 36.5 Å². The Morgan fingerprint density at radius 2 is 1.81 bits per heavy atom. The Labute approximate surface area is 155 Å². The van der Waals surface area contributed by atoms with E-state index in [2.05, 4.69) is 0 Å². The maximum Gasteiger partial charge on any atom is 0.270 e. The second kappa shape index (κ2) is 7.04. The highest BCUT2D eigenvalue weighted by Crippen LogP contribution is 2.33. The van der Waals surface area contributed by atoms with Crippen molar-refractivity contribution in [2.75, 3.05) is 7.05 Å². The molecule has 0 heterocycles. The molecule has 0 saturated carbocycles. The van der Waals surface area contributed by atoms with Gasteiger partial charge in [-0.25, -0.2) is 13.7 Å². The standard InChI is InChI=1S/C21H16F2N2O2/c1-21(22,23)16-7-9-17(10-8-16)27-19-5-3-4-14-12-15(6-11-18(14)19)20(26)25(2)13-24/h3-12H,1-2H3. The number of carbonyl (C=O) groups excluding carboxylic acids is 1. The van der Waals surface area contributed by atoms with Gasteiger partial charge in [-0.1, -0.05) is 12.1 Å². The van der Waals surface area contributed by atoms with Gasteiger partial charge >= 0.3 is 0 Å². The van der Waals surface area contributed by atoms with E-state index in [-0.39, 0.29) is 5.56 Å². The fourth-order valence-electron chi connectivity index (χ4n) is 2.66. The van der Waals surface area contributed by atoms with Gasteiger partial charge in [-0.3, -0.25) is 4.79 Å². The molecule has 0 aliphatic rings. The summed E-state index contributed by atoms with van der Waals surface area (Å²) < 4.78 is 32.5. The summed E-state index contributed by atoms with van der Waals surface area (Å²) in [7, 11) is 1.40. The number of nitriles is 1. The van der Waals surface area contributed by atoms with E-state index in [1.807, 2.05) is 6.07 Å². The Morgan fingerprint density at radius 3 is 2.44 bits per heavy atom. The molecule has 0 N–H and O–H groups in total. The number of hydrogen-bond acceptors (Lipinski definition) is 3. The Morgan fingerprint density at radius 1 is 1.11 bits per heavy atom. The molecule has 27 heavy (non-hydrogen) atoms. The molecule has 0 fully saturated rings. The van der Waals surface area contributed by atoms with Crippen LogP contribution < -0.4 is 4.74 Å². The fourth-order valence-corrected chi connectivity index (χ4v) is 2.66. The second-order valence-corrected chi connectivity index (χ2v) is 6.17. The lowest BCUT2D eigenvalue weighted by atomic mass is 10.1. The Bertz CT molecular complexity index is 1030. The number of rotatable bonds is 4. The van der Waals surface area contributed by atoms with Crippen molar-refractivity contribution in [3.63, 3.8) is 0 Å². The van der Waals surface area contributed by atoms with Crippen LogP contribution in [0, 0.1) is 11.5 Å². The quantitative estimate of drug-likeness (QED) is 0.465. The number of ether oxygens (including phenoxy) is 1. The number of benzene rings is 3. The monoisotopic (exact) mass is 366 g/mol. The largest absolute Gasteiger partial charge is 0.457 e. The molecule has 0 spiro atoms. The zero-order valence-electron chi connectivity index (χ0n) is 14.7. The third-order valence-corrected chi connectivity index (χ3v) is 4.13. The summed E-state index contributed by atoms with van der Waals surface area (Å²) in [5, 5.41) is 10.4. The van der Waals surface area contributed by atoms with Crippen LogP contribution in [0.15, 0.2) is 60.7 Å². The van der Waals surface area contributed by atoms with Crippen molar-refractivity contribution in [1.82, 2.24) is 4.90 Å². The molecule has 0 saturated heterocycles. The topological polar surface area (TPSA) is 53.3 Å². The Kier molecular flexibility index (Phi) is 4.78. The third kappa shape index (κ3) is 3.87. The first-order valence-corrected chi connectivity index (χ1v) is 8.16. The van der Waals surface area contributed by atoms with Crippen LogP contribution in [0.4, 0.5) is 8.78 Å². The van der Waals surface area contributed by atoms with Gasteiger partial charge in [0.2, 0.25) is 0 Å². The van der Waals surface area contributed by atoms with E-state index < -0.39 is 11.8 Å². The number of fused-ring (bicyclic) bond motifs is 1. The number of halogens is 2. The zero-order valence-corrected chi connectivity index (χ0v) is 14.7. The first kappa shape index (κ1) is 18.3. The van der Waals surface area contributed by atoms with Gasteiger partial charge in [0.25, 0.3) is 11.8 Å². The molecule has 6 heteroatoms. The lowest BCUT2D eigenvalue weighted by Gasteiger charge is -2.13. The highest BCUT2D eigenvalue weighted by molar-refractivity contribution is 6.00. The third-order valence-electron chi connectivity index (χ3n) is 4.13. The number of carbonyl (C=O) groups is 1. The predicted molar refractivity (Wildman–Crippen MR) is 97.7 cm³/mol. The average Bonchev–Trinajstić information content (AvgIpc) is 2.66. The Balaban J connectivity index is 1.92. The smallest absolute Gasteiger partial charge is 0.270 e. The molecule has 0 aliphatic carbocycles. The van der Waals surface area contributed by atoms with Crippen LogP contribution in [-0.4, -0.2) is 17.9 Å². The highest BCUT2D eigenvalue weighted by Gasteiger charge is 2.23. The average molecular weight is 366 g/mol. The van der Waals surface area contributed by atoms with Crippen molar-refractivity contribution in [3.05, 3.63) is 71.8 Å². The lowest BCUT2D eigenvalue weighted by Crippen LogP contribution is -2.20. The maximum absolute atomic E-state index is 13.3. The lowest BCUT2D eigenvalue weighted by molar-refractivity contribution is 0.0174. The van der Waals surface area contributed by atoms with E-state index in [1.165, 1.54) is 31.3 Å². The summed E-state index contributed by atoms with van der Waals surface area (Å²) in [6.07, 6.45) is 1.78. The molecule has 0 atom stereocenters. The number of hydrogen-bond donors (Lipinski definition) is 0. The molecule has 136 valence electrons. The van der Waals surface area contributed by atoms with Crippen molar-refractivity contribution >= 4 is 16.7 Å². The molecule has 4 nitrogen and oxygen atoms in total. The van der Waals surface area contributed by atoms with Crippen LogP contribution in [0.1, 0.15) is 22.8 Å². The van der Waals surface area contributed by atoms with Gasteiger partial charge in [-0.15, -0.1) is 0 Å². The summed E-state index contributed by atoms with van der Waals surface area (Å²) in [5.74, 6) is -2.34. The van der Waals surface area contributed by atoms with Crippen LogP contribution in [0.2, 0.25) is 0 Å². The number of alkyl halides is 2. The van der Waals surface area contributed by atoms with E-state index in [0.29, 0.717) is 17.1 Å². The normalized spacial score (nSPS) is 11.1. The molecule has 0 aromatic heterocycles. The first-order chi connectivity index (χ1) is 12.8. The minimum Gasteiger partial charge on any atom is -0.457 e. The van der Waals surface area contributed by atoms with Crippen molar-refractivity contribution < 1.29 is 18.3 Å². The second-order valence-electron chi connectivity index (χ2n) is 6.17. The minimum absolute atomic E-state index is 0.0856. The number of amides is 1. The summed E-state index contributed by atoms with van der Waals surface area (Å²) >= 11 is 0. The van der Waals surface area contributed by atoms with Crippen LogP contribution >= 0.6 is 0 Å². The minimum atomic E-state index is -2.91. The zero-order chi connectivity index (χ0) is 19.6. The van der Waals surface area contributed by atoms with Crippen molar-refractivity contribution in [1.29, 1.82) is 5.26 Å². The first-order valence-electron chi connectivity index (χ1n) is 8.16. The van der Waals surface area contributed by atoms with E-state index in [4.69, 9.17) is 10.00 Å².